The largest absolute Gasteiger partial charge is 0.493 e. The summed E-state index contributed by atoms with van der Waals surface area (Å²) in [5.41, 5.74) is 7.39. The standard InChI is InChI=1S/C16H28N2O2/c1-11(2)16(17,12(3)18(4)5)13-8-9-14(19-6)15(10-13)20-7/h8-12H,17H2,1-7H3. The van der Waals surface area contributed by atoms with E-state index in [-0.39, 0.29) is 12.0 Å². The van der Waals surface area contributed by atoms with E-state index < -0.39 is 5.54 Å². The van der Waals surface area contributed by atoms with Crippen LogP contribution in [0.15, 0.2) is 18.2 Å². The first kappa shape index (κ1) is 16.8. The van der Waals surface area contributed by atoms with E-state index in [1.807, 2.05) is 18.2 Å². The summed E-state index contributed by atoms with van der Waals surface area (Å²) in [6.45, 7) is 6.45. The molecule has 0 radical (unpaired) electrons. The molecule has 2 unspecified atom stereocenters. The van der Waals surface area contributed by atoms with Gasteiger partial charge in [0.25, 0.3) is 0 Å². The fourth-order valence-electron chi connectivity index (χ4n) is 2.59. The number of ether oxygens (including phenoxy) is 2. The molecule has 2 N–H and O–H groups in total. The van der Waals surface area contributed by atoms with Crippen LogP contribution in [-0.2, 0) is 5.54 Å². The van der Waals surface area contributed by atoms with Gasteiger partial charge in [0.15, 0.2) is 11.5 Å². The van der Waals surface area contributed by atoms with E-state index in [0.29, 0.717) is 5.75 Å². The van der Waals surface area contributed by atoms with Gasteiger partial charge in [0.1, 0.15) is 0 Å². The molecule has 0 amide bonds. The van der Waals surface area contributed by atoms with Crippen molar-refractivity contribution < 1.29 is 9.47 Å². The van der Waals surface area contributed by atoms with Crippen molar-refractivity contribution >= 4 is 0 Å². The molecule has 1 aromatic carbocycles. The third-order valence-electron chi connectivity index (χ3n) is 4.30. The second kappa shape index (κ2) is 6.46. The van der Waals surface area contributed by atoms with Crippen molar-refractivity contribution in [2.45, 2.75) is 32.4 Å². The van der Waals surface area contributed by atoms with Gasteiger partial charge in [-0.1, -0.05) is 19.9 Å². The minimum atomic E-state index is -0.455. The second-order valence-electron chi connectivity index (χ2n) is 5.80. The van der Waals surface area contributed by atoms with Gasteiger partial charge in [0, 0.05) is 6.04 Å². The minimum absolute atomic E-state index is 0.195. The van der Waals surface area contributed by atoms with Crippen molar-refractivity contribution in [2.24, 2.45) is 11.7 Å². The van der Waals surface area contributed by atoms with E-state index >= 15 is 0 Å². The second-order valence-corrected chi connectivity index (χ2v) is 5.80. The van der Waals surface area contributed by atoms with E-state index in [0.717, 1.165) is 11.3 Å². The summed E-state index contributed by atoms with van der Waals surface area (Å²) in [5.74, 6) is 1.73. The lowest BCUT2D eigenvalue weighted by molar-refractivity contribution is 0.145. The van der Waals surface area contributed by atoms with Crippen molar-refractivity contribution in [1.29, 1.82) is 0 Å². The fourth-order valence-corrected chi connectivity index (χ4v) is 2.59. The normalized spacial score (nSPS) is 16.1. The Morgan fingerprint density at radius 3 is 2.00 bits per heavy atom. The van der Waals surface area contributed by atoms with Crippen molar-refractivity contribution in [3.05, 3.63) is 23.8 Å². The van der Waals surface area contributed by atoms with Crippen molar-refractivity contribution in [3.8, 4) is 11.5 Å². The zero-order chi connectivity index (χ0) is 15.5. The van der Waals surface area contributed by atoms with Crippen LogP contribution in [0.25, 0.3) is 0 Å². The van der Waals surface area contributed by atoms with Crippen molar-refractivity contribution in [3.63, 3.8) is 0 Å². The molecule has 0 fully saturated rings. The molecule has 4 heteroatoms. The first-order chi connectivity index (χ1) is 9.28. The summed E-state index contributed by atoms with van der Waals surface area (Å²) in [5, 5.41) is 0. The van der Waals surface area contributed by atoms with Gasteiger partial charge in [-0.3, -0.25) is 0 Å². The topological polar surface area (TPSA) is 47.7 Å². The van der Waals surface area contributed by atoms with Crippen LogP contribution in [0, 0.1) is 5.92 Å². The number of likely N-dealkylation sites (N-methyl/N-ethyl adjacent to an activating group) is 1. The van der Waals surface area contributed by atoms with E-state index in [4.69, 9.17) is 15.2 Å². The van der Waals surface area contributed by atoms with E-state index in [1.165, 1.54) is 0 Å². The Balaban J connectivity index is 3.36. The summed E-state index contributed by atoms with van der Waals surface area (Å²) in [4.78, 5) is 2.15. The van der Waals surface area contributed by atoms with E-state index in [9.17, 15) is 0 Å². The summed E-state index contributed by atoms with van der Waals surface area (Å²) >= 11 is 0. The lowest BCUT2D eigenvalue weighted by Crippen LogP contribution is -2.56. The van der Waals surface area contributed by atoms with E-state index in [1.54, 1.807) is 14.2 Å². The predicted molar refractivity (Wildman–Crippen MR) is 83.4 cm³/mol. The molecule has 0 saturated heterocycles. The van der Waals surface area contributed by atoms with E-state index in [2.05, 4.69) is 39.8 Å². The van der Waals surface area contributed by atoms with Gasteiger partial charge in [-0.2, -0.15) is 0 Å². The van der Waals surface area contributed by atoms with Gasteiger partial charge in [-0.05, 0) is 44.6 Å². The first-order valence-electron chi connectivity index (χ1n) is 6.96. The van der Waals surface area contributed by atoms with Gasteiger partial charge in [-0.15, -0.1) is 0 Å². The molecule has 2 atom stereocenters. The van der Waals surface area contributed by atoms with Crippen LogP contribution in [0.3, 0.4) is 0 Å². The Morgan fingerprint density at radius 1 is 1.05 bits per heavy atom. The average molecular weight is 280 g/mol. The Morgan fingerprint density at radius 2 is 1.60 bits per heavy atom. The molecule has 4 nitrogen and oxygen atoms in total. The highest BCUT2D eigenvalue weighted by Crippen LogP contribution is 2.37. The third kappa shape index (κ3) is 2.91. The van der Waals surface area contributed by atoms with Crippen LogP contribution in [0.5, 0.6) is 11.5 Å². The molecule has 1 rings (SSSR count). The highest BCUT2D eigenvalue weighted by atomic mass is 16.5. The van der Waals surface area contributed by atoms with Gasteiger partial charge < -0.3 is 20.1 Å². The summed E-state index contributed by atoms with van der Waals surface area (Å²) in [6.07, 6.45) is 0. The molecule has 20 heavy (non-hydrogen) atoms. The third-order valence-corrected chi connectivity index (χ3v) is 4.30. The quantitative estimate of drug-likeness (QED) is 0.869. The molecule has 0 spiro atoms. The van der Waals surface area contributed by atoms with Gasteiger partial charge in [-0.25, -0.2) is 0 Å². The maximum Gasteiger partial charge on any atom is 0.161 e. The molecule has 0 aliphatic rings. The fraction of sp³-hybridized carbons (Fsp3) is 0.625. The molecular formula is C16H28N2O2. The molecule has 0 saturated carbocycles. The number of hydrogen-bond acceptors (Lipinski definition) is 4. The zero-order valence-electron chi connectivity index (χ0n) is 13.7. The van der Waals surface area contributed by atoms with Crippen LogP contribution < -0.4 is 15.2 Å². The molecule has 0 heterocycles. The molecule has 0 aromatic heterocycles. The first-order valence-corrected chi connectivity index (χ1v) is 6.96. The summed E-state index contributed by atoms with van der Waals surface area (Å²) in [7, 11) is 7.38. The number of rotatable bonds is 6. The Hall–Kier alpha value is -1.26. The minimum Gasteiger partial charge on any atom is -0.493 e. The maximum absolute atomic E-state index is 6.78. The Labute approximate surface area is 122 Å². The smallest absolute Gasteiger partial charge is 0.161 e. The van der Waals surface area contributed by atoms with Gasteiger partial charge in [0.05, 0.1) is 19.8 Å². The SMILES string of the molecule is COc1ccc(C(N)(C(C)C)C(C)N(C)C)cc1OC. The summed E-state index contributed by atoms with van der Waals surface area (Å²) in [6, 6.07) is 6.13. The highest BCUT2D eigenvalue weighted by Gasteiger charge is 2.38. The summed E-state index contributed by atoms with van der Waals surface area (Å²) < 4.78 is 10.7. The average Bonchev–Trinajstić information content (AvgIpc) is 2.44. The van der Waals surface area contributed by atoms with Gasteiger partial charge in [0.2, 0.25) is 0 Å². The molecule has 0 bridgehead atoms. The Kier molecular flexibility index (Phi) is 5.42. The molecular weight excluding hydrogens is 252 g/mol. The van der Waals surface area contributed by atoms with Gasteiger partial charge >= 0.3 is 0 Å². The Bertz CT molecular complexity index is 446. The van der Waals surface area contributed by atoms with Crippen LogP contribution in [0.1, 0.15) is 26.3 Å². The van der Waals surface area contributed by atoms with Crippen molar-refractivity contribution in [1.82, 2.24) is 4.90 Å². The van der Waals surface area contributed by atoms with Crippen LogP contribution in [0.2, 0.25) is 0 Å². The van der Waals surface area contributed by atoms with Crippen LogP contribution >= 0.6 is 0 Å². The highest BCUT2D eigenvalue weighted by molar-refractivity contribution is 5.45. The zero-order valence-corrected chi connectivity index (χ0v) is 13.7. The lowest BCUT2D eigenvalue weighted by Gasteiger charge is -2.43. The van der Waals surface area contributed by atoms with Crippen molar-refractivity contribution in [2.75, 3.05) is 28.3 Å². The number of nitrogens with zero attached hydrogens (tertiary/aromatic N) is 1. The number of methoxy groups -OCH3 is 2. The molecule has 0 aliphatic carbocycles. The monoisotopic (exact) mass is 280 g/mol. The number of nitrogens with two attached hydrogens (primary N) is 1. The maximum atomic E-state index is 6.78. The molecule has 114 valence electrons. The number of benzene rings is 1. The molecule has 1 aromatic rings. The lowest BCUT2D eigenvalue weighted by atomic mass is 9.75. The predicted octanol–water partition coefficient (Wildman–Crippen LogP) is 2.46. The van der Waals surface area contributed by atoms with Crippen LogP contribution in [0.4, 0.5) is 0 Å². The number of hydrogen-bond donors (Lipinski definition) is 1. The molecule has 0 aliphatic heterocycles. The van der Waals surface area contributed by atoms with Crippen LogP contribution in [-0.4, -0.2) is 39.3 Å².